The van der Waals surface area contributed by atoms with Gasteiger partial charge in [0.05, 0.1) is 6.10 Å². The number of nitrogens with zero attached hydrogens (tertiary/aromatic N) is 1. The van der Waals surface area contributed by atoms with Crippen molar-refractivity contribution in [1.82, 2.24) is 10.2 Å². The van der Waals surface area contributed by atoms with E-state index in [9.17, 15) is 5.11 Å². The fourth-order valence-corrected chi connectivity index (χ4v) is 2.57. The SMILES string of the molecule is CC(N)C1CCN([C@@H]2CNC[C@H]2O)C1.Cl. The van der Waals surface area contributed by atoms with E-state index >= 15 is 0 Å². The molecule has 0 aromatic rings. The molecule has 2 aliphatic heterocycles. The Morgan fingerprint density at radius 1 is 1.47 bits per heavy atom. The van der Waals surface area contributed by atoms with E-state index in [2.05, 4.69) is 17.1 Å². The summed E-state index contributed by atoms with van der Waals surface area (Å²) < 4.78 is 0. The molecule has 2 saturated heterocycles. The van der Waals surface area contributed by atoms with Gasteiger partial charge in [0.2, 0.25) is 0 Å². The van der Waals surface area contributed by atoms with Gasteiger partial charge in [0.15, 0.2) is 0 Å². The molecule has 0 amide bonds. The molecule has 90 valence electrons. The van der Waals surface area contributed by atoms with Gasteiger partial charge in [-0.3, -0.25) is 4.90 Å². The second kappa shape index (κ2) is 5.46. The van der Waals surface area contributed by atoms with E-state index in [1.54, 1.807) is 0 Å². The third-order valence-corrected chi connectivity index (χ3v) is 3.62. The Bertz CT molecular complexity index is 203. The molecule has 2 fully saturated rings. The maximum absolute atomic E-state index is 9.74. The molecule has 0 aliphatic carbocycles. The number of likely N-dealkylation sites (tertiary alicyclic amines) is 1. The highest BCUT2D eigenvalue weighted by molar-refractivity contribution is 5.85. The van der Waals surface area contributed by atoms with E-state index in [4.69, 9.17) is 5.73 Å². The number of aliphatic hydroxyl groups is 1. The molecule has 0 aromatic heterocycles. The maximum Gasteiger partial charge on any atom is 0.0831 e. The van der Waals surface area contributed by atoms with Crippen LogP contribution in [0.5, 0.6) is 0 Å². The van der Waals surface area contributed by atoms with Crippen molar-refractivity contribution in [2.24, 2.45) is 11.7 Å². The third kappa shape index (κ3) is 2.82. The van der Waals surface area contributed by atoms with Crippen molar-refractivity contribution in [3.8, 4) is 0 Å². The summed E-state index contributed by atoms with van der Waals surface area (Å²) in [6.07, 6.45) is 0.989. The first-order valence-electron chi connectivity index (χ1n) is 5.57. The lowest BCUT2D eigenvalue weighted by atomic mass is 10.0. The fourth-order valence-electron chi connectivity index (χ4n) is 2.57. The van der Waals surface area contributed by atoms with Crippen LogP contribution in [0.2, 0.25) is 0 Å². The topological polar surface area (TPSA) is 61.5 Å². The number of hydrogen-bond donors (Lipinski definition) is 3. The molecule has 0 aromatic carbocycles. The highest BCUT2D eigenvalue weighted by atomic mass is 35.5. The molecule has 2 aliphatic rings. The molecule has 2 rings (SSSR count). The predicted molar refractivity (Wildman–Crippen MR) is 63.2 cm³/mol. The second-order valence-corrected chi connectivity index (χ2v) is 4.70. The van der Waals surface area contributed by atoms with E-state index in [1.165, 1.54) is 6.42 Å². The molecule has 4 nitrogen and oxygen atoms in total. The normalized spacial score (nSPS) is 39.0. The Labute approximate surface area is 97.6 Å². The van der Waals surface area contributed by atoms with Gasteiger partial charge in [0, 0.05) is 31.7 Å². The van der Waals surface area contributed by atoms with Gasteiger partial charge in [-0.15, -0.1) is 12.4 Å². The van der Waals surface area contributed by atoms with Crippen molar-refractivity contribution in [1.29, 1.82) is 0 Å². The fraction of sp³-hybridized carbons (Fsp3) is 1.00. The highest BCUT2D eigenvalue weighted by Gasteiger charge is 2.35. The lowest BCUT2D eigenvalue weighted by molar-refractivity contribution is 0.0955. The third-order valence-electron chi connectivity index (χ3n) is 3.62. The zero-order valence-electron chi connectivity index (χ0n) is 9.22. The van der Waals surface area contributed by atoms with Gasteiger partial charge >= 0.3 is 0 Å². The van der Waals surface area contributed by atoms with Crippen LogP contribution in [0.3, 0.4) is 0 Å². The largest absolute Gasteiger partial charge is 0.390 e. The first-order chi connectivity index (χ1) is 6.68. The second-order valence-electron chi connectivity index (χ2n) is 4.70. The number of rotatable bonds is 2. The van der Waals surface area contributed by atoms with Crippen molar-refractivity contribution in [3.05, 3.63) is 0 Å². The maximum atomic E-state index is 9.74. The molecule has 0 saturated carbocycles. The van der Waals surface area contributed by atoms with Gasteiger partial charge in [-0.2, -0.15) is 0 Å². The number of nitrogens with one attached hydrogen (secondary N) is 1. The van der Waals surface area contributed by atoms with Crippen LogP contribution in [0, 0.1) is 5.92 Å². The van der Waals surface area contributed by atoms with Crippen molar-refractivity contribution in [2.75, 3.05) is 26.2 Å². The van der Waals surface area contributed by atoms with Crippen LogP contribution in [0.1, 0.15) is 13.3 Å². The summed E-state index contributed by atoms with van der Waals surface area (Å²) in [6.45, 7) is 5.89. The summed E-state index contributed by atoms with van der Waals surface area (Å²) >= 11 is 0. The average Bonchev–Trinajstić information content (AvgIpc) is 2.71. The summed E-state index contributed by atoms with van der Waals surface area (Å²) in [5.41, 5.74) is 5.89. The predicted octanol–water partition coefficient (Wildman–Crippen LogP) is -0.590. The van der Waals surface area contributed by atoms with Crippen LogP contribution >= 0.6 is 12.4 Å². The Hall–Kier alpha value is 0.130. The van der Waals surface area contributed by atoms with Gasteiger partial charge in [-0.1, -0.05) is 0 Å². The summed E-state index contributed by atoms with van der Waals surface area (Å²) in [6, 6.07) is 0.602. The number of nitrogens with two attached hydrogens (primary N) is 1. The standard InChI is InChI=1S/C10H21N3O.ClH/c1-7(11)8-2-3-13(6-8)9-4-12-5-10(9)14;/h7-10,12,14H,2-6,11H2,1H3;1H/t7?,8?,9-,10-;/m1./s1. The lowest BCUT2D eigenvalue weighted by Crippen LogP contribution is -2.42. The average molecular weight is 236 g/mol. The minimum atomic E-state index is -0.193. The first kappa shape index (κ1) is 13.2. The van der Waals surface area contributed by atoms with E-state index in [0.29, 0.717) is 12.0 Å². The van der Waals surface area contributed by atoms with E-state index < -0.39 is 0 Å². The summed E-state index contributed by atoms with van der Waals surface area (Å²) in [7, 11) is 0. The quantitative estimate of drug-likeness (QED) is 0.599. The van der Waals surface area contributed by atoms with Crippen LogP contribution in [-0.2, 0) is 0 Å². The Morgan fingerprint density at radius 2 is 2.20 bits per heavy atom. The van der Waals surface area contributed by atoms with Crippen LogP contribution in [0.15, 0.2) is 0 Å². The van der Waals surface area contributed by atoms with Gasteiger partial charge in [-0.25, -0.2) is 0 Å². The highest BCUT2D eigenvalue weighted by Crippen LogP contribution is 2.22. The number of aliphatic hydroxyl groups excluding tert-OH is 1. The molecular weight excluding hydrogens is 214 g/mol. The smallest absolute Gasteiger partial charge is 0.0831 e. The Kier molecular flexibility index (Phi) is 4.80. The zero-order valence-corrected chi connectivity index (χ0v) is 10.0. The first-order valence-corrected chi connectivity index (χ1v) is 5.57. The van der Waals surface area contributed by atoms with Crippen LogP contribution in [0.25, 0.3) is 0 Å². The molecule has 4 atom stereocenters. The molecule has 0 radical (unpaired) electrons. The number of halogens is 1. The van der Waals surface area contributed by atoms with Crippen molar-refractivity contribution in [3.63, 3.8) is 0 Å². The molecule has 2 unspecified atom stereocenters. The lowest BCUT2D eigenvalue weighted by Gasteiger charge is -2.26. The van der Waals surface area contributed by atoms with Crippen molar-refractivity contribution in [2.45, 2.75) is 31.5 Å². The summed E-state index contributed by atoms with van der Waals surface area (Å²) in [5, 5.41) is 13.0. The molecule has 5 heteroatoms. The number of β-amino-alcohol motifs (C(OH)–C–C–N with tert-alkyl or cyclic N) is 1. The Balaban J connectivity index is 0.00000112. The molecule has 0 spiro atoms. The van der Waals surface area contributed by atoms with Crippen LogP contribution < -0.4 is 11.1 Å². The van der Waals surface area contributed by atoms with Gasteiger partial charge in [0.1, 0.15) is 0 Å². The van der Waals surface area contributed by atoms with Gasteiger partial charge in [-0.05, 0) is 25.8 Å². The summed E-state index contributed by atoms with van der Waals surface area (Å²) in [5.74, 6) is 0.614. The molecule has 2 heterocycles. The van der Waals surface area contributed by atoms with Crippen molar-refractivity contribution >= 4 is 12.4 Å². The van der Waals surface area contributed by atoms with E-state index in [1.807, 2.05) is 0 Å². The molecular formula is C10H22ClN3O. The minimum absolute atomic E-state index is 0. The molecule has 4 N–H and O–H groups in total. The zero-order chi connectivity index (χ0) is 10.1. The van der Waals surface area contributed by atoms with E-state index in [-0.39, 0.29) is 24.6 Å². The van der Waals surface area contributed by atoms with Crippen LogP contribution in [0.4, 0.5) is 0 Å². The Morgan fingerprint density at radius 3 is 2.67 bits per heavy atom. The van der Waals surface area contributed by atoms with Gasteiger partial charge < -0.3 is 16.2 Å². The minimum Gasteiger partial charge on any atom is -0.390 e. The van der Waals surface area contributed by atoms with Gasteiger partial charge in [0.25, 0.3) is 0 Å². The molecule has 0 bridgehead atoms. The van der Waals surface area contributed by atoms with E-state index in [0.717, 1.165) is 26.2 Å². The number of hydrogen-bond acceptors (Lipinski definition) is 4. The monoisotopic (exact) mass is 235 g/mol. The summed E-state index contributed by atoms with van der Waals surface area (Å²) in [4.78, 5) is 2.39. The van der Waals surface area contributed by atoms with Crippen molar-refractivity contribution < 1.29 is 5.11 Å². The van der Waals surface area contributed by atoms with Crippen LogP contribution in [-0.4, -0.2) is 54.4 Å². The molecule has 15 heavy (non-hydrogen) atoms.